The Balaban J connectivity index is 1.31. The monoisotopic (exact) mass is 471 g/mol. The lowest BCUT2D eigenvalue weighted by molar-refractivity contribution is 0.119. The van der Waals surface area contributed by atoms with E-state index in [0.717, 1.165) is 67.2 Å². The molecule has 3 aromatic carbocycles. The van der Waals surface area contributed by atoms with Gasteiger partial charge in [-0.3, -0.25) is 4.90 Å². The average Bonchev–Trinajstić information content (AvgIpc) is 3.37. The number of aryl methyl sites for hydroxylation is 1. The van der Waals surface area contributed by atoms with E-state index in [2.05, 4.69) is 53.5 Å². The first-order valence-electron chi connectivity index (χ1n) is 12.5. The van der Waals surface area contributed by atoms with Gasteiger partial charge in [0.2, 0.25) is 6.79 Å². The van der Waals surface area contributed by atoms with E-state index in [-0.39, 0.29) is 18.9 Å². The molecule has 0 spiro atoms. The highest BCUT2D eigenvalue weighted by Gasteiger charge is 2.29. The predicted octanol–water partition coefficient (Wildman–Crippen LogP) is 5.68. The van der Waals surface area contributed by atoms with Gasteiger partial charge in [0.05, 0.1) is 0 Å². The van der Waals surface area contributed by atoms with Crippen molar-refractivity contribution in [3.8, 4) is 11.5 Å². The van der Waals surface area contributed by atoms with Gasteiger partial charge in [-0.25, -0.2) is 4.79 Å². The molecule has 1 fully saturated rings. The molecule has 0 aromatic heterocycles. The number of rotatable bonds is 7. The van der Waals surface area contributed by atoms with Crippen LogP contribution in [0.1, 0.15) is 36.5 Å². The minimum absolute atomic E-state index is 0.0509. The molecule has 35 heavy (non-hydrogen) atoms. The zero-order valence-corrected chi connectivity index (χ0v) is 20.3. The van der Waals surface area contributed by atoms with Gasteiger partial charge in [-0.2, -0.15) is 0 Å². The number of amides is 2. The molecule has 6 heteroatoms. The molecule has 0 unspecified atom stereocenters. The number of benzene rings is 3. The summed E-state index contributed by atoms with van der Waals surface area (Å²) in [5, 5.41) is 3.20. The third-order valence-corrected chi connectivity index (χ3v) is 6.94. The van der Waals surface area contributed by atoms with Gasteiger partial charge >= 0.3 is 6.03 Å². The van der Waals surface area contributed by atoms with Crippen molar-refractivity contribution in [2.45, 2.75) is 45.3 Å². The summed E-state index contributed by atoms with van der Waals surface area (Å²) in [4.78, 5) is 18.1. The molecule has 0 aliphatic carbocycles. The summed E-state index contributed by atoms with van der Waals surface area (Å²) >= 11 is 0. The number of urea groups is 1. The fourth-order valence-electron chi connectivity index (χ4n) is 4.97. The van der Waals surface area contributed by atoms with Crippen LogP contribution in [0, 0.1) is 0 Å². The van der Waals surface area contributed by atoms with Crippen LogP contribution in [0.4, 0.5) is 10.5 Å². The Morgan fingerprint density at radius 3 is 2.49 bits per heavy atom. The number of fused-ring (bicyclic) bond motifs is 1. The number of nitrogens with zero attached hydrogens (tertiary/aromatic N) is 2. The molecule has 0 atom stereocenters. The summed E-state index contributed by atoms with van der Waals surface area (Å²) in [5.74, 6) is 1.51. The number of piperidine rings is 1. The van der Waals surface area contributed by atoms with Gasteiger partial charge in [0, 0.05) is 37.9 Å². The van der Waals surface area contributed by atoms with E-state index in [0.29, 0.717) is 6.54 Å². The van der Waals surface area contributed by atoms with Crippen LogP contribution >= 0.6 is 0 Å². The fourth-order valence-corrected chi connectivity index (χ4v) is 4.97. The van der Waals surface area contributed by atoms with Gasteiger partial charge < -0.3 is 19.7 Å². The molecule has 1 N–H and O–H groups in total. The Labute approximate surface area is 207 Å². The quantitative estimate of drug-likeness (QED) is 0.482. The molecule has 3 aromatic rings. The van der Waals surface area contributed by atoms with E-state index < -0.39 is 0 Å². The molecular formula is C29H33N3O3. The van der Waals surface area contributed by atoms with Crippen molar-refractivity contribution in [1.82, 2.24) is 9.80 Å². The van der Waals surface area contributed by atoms with Gasteiger partial charge in [0.15, 0.2) is 11.5 Å². The molecule has 2 amide bonds. The summed E-state index contributed by atoms with van der Waals surface area (Å²) in [6, 6.07) is 24.7. The van der Waals surface area contributed by atoms with Crippen molar-refractivity contribution >= 4 is 11.7 Å². The number of likely N-dealkylation sites (tertiary alicyclic amines) is 1. The Morgan fingerprint density at radius 1 is 0.943 bits per heavy atom. The summed E-state index contributed by atoms with van der Waals surface area (Å²) in [5.41, 5.74) is 4.40. The minimum atomic E-state index is -0.0509. The smallest absolute Gasteiger partial charge is 0.322 e. The SMILES string of the molecule is CCc1ccccc1NC(=O)N(Cc1ccc2c(c1)OCO2)C1CCN(Cc2ccccc2)CC1. The van der Waals surface area contributed by atoms with Crippen molar-refractivity contribution in [2.75, 3.05) is 25.2 Å². The lowest BCUT2D eigenvalue weighted by Gasteiger charge is -2.38. The second kappa shape index (κ2) is 10.8. The van der Waals surface area contributed by atoms with Crippen molar-refractivity contribution in [3.05, 3.63) is 89.5 Å². The first-order valence-corrected chi connectivity index (χ1v) is 12.5. The second-order valence-electron chi connectivity index (χ2n) is 9.25. The zero-order chi connectivity index (χ0) is 24.0. The molecular weight excluding hydrogens is 438 g/mol. The maximum absolute atomic E-state index is 13.6. The molecule has 6 nitrogen and oxygen atoms in total. The Hall–Kier alpha value is -3.51. The first-order chi connectivity index (χ1) is 17.2. The van der Waals surface area contributed by atoms with Crippen LogP contribution in [-0.2, 0) is 19.5 Å². The lowest BCUT2D eigenvalue weighted by atomic mass is 10.0. The van der Waals surface area contributed by atoms with Crippen LogP contribution in [0.2, 0.25) is 0 Å². The third kappa shape index (κ3) is 5.60. The first kappa shape index (κ1) is 23.2. The number of nitrogens with one attached hydrogen (secondary N) is 1. The van der Waals surface area contributed by atoms with E-state index in [1.54, 1.807) is 0 Å². The normalized spacial score (nSPS) is 15.7. The molecule has 2 aliphatic rings. The number of ether oxygens (including phenoxy) is 2. The molecule has 2 aliphatic heterocycles. The van der Waals surface area contributed by atoms with Crippen molar-refractivity contribution < 1.29 is 14.3 Å². The highest BCUT2D eigenvalue weighted by atomic mass is 16.7. The van der Waals surface area contributed by atoms with Gasteiger partial charge in [0.1, 0.15) is 0 Å². The molecule has 0 radical (unpaired) electrons. The minimum Gasteiger partial charge on any atom is -0.454 e. The number of hydrogen-bond donors (Lipinski definition) is 1. The van der Waals surface area contributed by atoms with Gasteiger partial charge in [0.25, 0.3) is 0 Å². The van der Waals surface area contributed by atoms with Crippen molar-refractivity contribution in [3.63, 3.8) is 0 Å². The second-order valence-corrected chi connectivity index (χ2v) is 9.25. The highest BCUT2D eigenvalue weighted by Crippen LogP contribution is 2.33. The topological polar surface area (TPSA) is 54.0 Å². The standard InChI is InChI=1S/C29H33N3O3/c1-2-24-10-6-7-11-26(24)30-29(33)32(20-23-12-13-27-28(18-23)35-21-34-27)25-14-16-31(17-15-25)19-22-8-4-3-5-9-22/h3-13,18,25H,2,14-17,19-21H2,1H3,(H,30,33). The van der Waals surface area contributed by atoms with Crippen LogP contribution in [0.25, 0.3) is 0 Å². The number of anilines is 1. The van der Waals surface area contributed by atoms with Crippen molar-refractivity contribution in [1.29, 1.82) is 0 Å². The summed E-state index contributed by atoms with van der Waals surface area (Å²) in [6.45, 7) is 5.77. The number of carbonyl (C=O) groups excluding carboxylic acids is 1. The van der Waals surface area contributed by atoms with E-state index >= 15 is 0 Å². The largest absolute Gasteiger partial charge is 0.454 e. The molecule has 182 valence electrons. The Bertz CT molecular complexity index is 1140. The Morgan fingerprint density at radius 2 is 1.69 bits per heavy atom. The van der Waals surface area contributed by atoms with E-state index in [9.17, 15) is 4.79 Å². The molecule has 2 heterocycles. The van der Waals surface area contributed by atoms with Gasteiger partial charge in [-0.15, -0.1) is 0 Å². The van der Waals surface area contributed by atoms with Crippen LogP contribution in [0.3, 0.4) is 0 Å². The third-order valence-electron chi connectivity index (χ3n) is 6.94. The predicted molar refractivity (Wildman–Crippen MR) is 138 cm³/mol. The molecule has 1 saturated heterocycles. The molecule has 0 saturated carbocycles. The lowest BCUT2D eigenvalue weighted by Crippen LogP contribution is -2.48. The summed E-state index contributed by atoms with van der Waals surface area (Å²) < 4.78 is 11.0. The summed E-state index contributed by atoms with van der Waals surface area (Å²) in [6.07, 6.45) is 2.76. The van der Waals surface area contributed by atoms with Crippen molar-refractivity contribution in [2.24, 2.45) is 0 Å². The van der Waals surface area contributed by atoms with E-state index in [1.165, 1.54) is 5.56 Å². The van der Waals surface area contributed by atoms with E-state index in [4.69, 9.17) is 9.47 Å². The number of para-hydroxylation sites is 1. The zero-order valence-electron chi connectivity index (χ0n) is 20.3. The fraction of sp³-hybridized carbons (Fsp3) is 0.345. The summed E-state index contributed by atoms with van der Waals surface area (Å²) in [7, 11) is 0. The molecule has 0 bridgehead atoms. The van der Waals surface area contributed by atoms with Crippen LogP contribution in [0.5, 0.6) is 11.5 Å². The Kier molecular flexibility index (Phi) is 7.19. The number of hydrogen-bond acceptors (Lipinski definition) is 4. The average molecular weight is 472 g/mol. The van der Waals surface area contributed by atoms with E-state index in [1.807, 2.05) is 41.3 Å². The van der Waals surface area contributed by atoms with Crippen LogP contribution < -0.4 is 14.8 Å². The van der Waals surface area contributed by atoms with Crippen LogP contribution in [0.15, 0.2) is 72.8 Å². The molecule has 5 rings (SSSR count). The van der Waals surface area contributed by atoms with Gasteiger partial charge in [-0.1, -0.05) is 61.5 Å². The maximum atomic E-state index is 13.6. The number of carbonyl (C=O) groups is 1. The van der Waals surface area contributed by atoms with Gasteiger partial charge in [-0.05, 0) is 54.2 Å². The van der Waals surface area contributed by atoms with Crippen LogP contribution in [-0.4, -0.2) is 41.8 Å². The highest BCUT2D eigenvalue weighted by molar-refractivity contribution is 5.90. The maximum Gasteiger partial charge on any atom is 0.322 e.